The molecule has 0 bridgehead atoms. The van der Waals surface area contributed by atoms with Crippen LogP contribution in [0.15, 0.2) is 158 Å². The first kappa shape index (κ1) is 31.9. The highest BCUT2D eigenvalue weighted by Crippen LogP contribution is 2.40. The van der Waals surface area contributed by atoms with Crippen molar-refractivity contribution in [2.45, 2.75) is 27.7 Å². The Labute approximate surface area is 314 Å². The van der Waals surface area contributed by atoms with E-state index < -0.39 is 0 Å². The quantitative estimate of drug-likeness (QED) is 0.180. The summed E-state index contributed by atoms with van der Waals surface area (Å²) < 4.78 is 4.90. The molecule has 10 rings (SSSR count). The maximum atomic E-state index is 4.78. The fraction of sp³-hybridized carbons (Fsp3) is 0.0800. The van der Waals surface area contributed by atoms with Crippen molar-refractivity contribution >= 4 is 43.6 Å². The average molecular weight is 695 g/mol. The van der Waals surface area contributed by atoms with E-state index in [9.17, 15) is 0 Å². The summed E-state index contributed by atoms with van der Waals surface area (Å²) in [6.45, 7) is 8.71. The molecule has 0 atom stereocenters. The largest absolute Gasteiger partial charge is 0.309 e. The first-order chi connectivity index (χ1) is 26.4. The lowest BCUT2D eigenvalue weighted by atomic mass is 9.95. The van der Waals surface area contributed by atoms with Crippen LogP contribution in [0, 0.1) is 27.7 Å². The van der Waals surface area contributed by atoms with Gasteiger partial charge in [-0.2, -0.15) is 0 Å². The third-order valence-corrected chi connectivity index (χ3v) is 10.8. The highest BCUT2D eigenvalue weighted by molar-refractivity contribution is 6.11. The van der Waals surface area contributed by atoms with E-state index in [1.54, 1.807) is 0 Å². The predicted molar refractivity (Wildman–Crippen MR) is 226 cm³/mol. The zero-order valence-electron chi connectivity index (χ0n) is 30.8. The summed E-state index contributed by atoms with van der Waals surface area (Å²) in [5.74, 6) is 0. The lowest BCUT2D eigenvalue weighted by Gasteiger charge is -2.17. The van der Waals surface area contributed by atoms with Gasteiger partial charge in [-0.1, -0.05) is 58.7 Å². The first-order valence-corrected chi connectivity index (χ1v) is 18.5. The molecule has 6 aromatic carbocycles. The molecule has 4 heterocycles. The van der Waals surface area contributed by atoms with Crippen molar-refractivity contribution < 1.29 is 0 Å². The van der Waals surface area contributed by atoms with E-state index in [4.69, 9.17) is 4.98 Å². The third kappa shape index (κ3) is 5.30. The molecule has 0 unspecified atom stereocenters. The van der Waals surface area contributed by atoms with Gasteiger partial charge in [0.25, 0.3) is 0 Å². The molecule has 4 aromatic heterocycles. The maximum Gasteiger partial charge on any atom is 0.0702 e. The second-order valence-corrected chi connectivity index (χ2v) is 14.7. The summed E-state index contributed by atoms with van der Waals surface area (Å²) >= 11 is 0. The number of pyridine rings is 2. The van der Waals surface area contributed by atoms with Gasteiger partial charge in [-0.25, -0.2) is 0 Å². The molecule has 54 heavy (non-hydrogen) atoms. The summed E-state index contributed by atoms with van der Waals surface area (Å²) in [7, 11) is 0. The highest BCUT2D eigenvalue weighted by Gasteiger charge is 2.19. The molecular formula is C50H38N4. The van der Waals surface area contributed by atoms with Crippen LogP contribution in [0.2, 0.25) is 0 Å². The summed E-state index contributed by atoms with van der Waals surface area (Å²) in [5.41, 5.74) is 18.4. The van der Waals surface area contributed by atoms with Crippen LogP contribution in [0.1, 0.15) is 22.3 Å². The van der Waals surface area contributed by atoms with E-state index in [1.165, 1.54) is 65.9 Å². The molecule has 0 N–H and O–H groups in total. The molecule has 258 valence electrons. The maximum absolute atomic E-state index is 4.78. The molecule has 0 aliphatic heterocycles. The number of rotatable bonds is 5. The SMILES string of the molecule is Cc1ccc2c(c1)c1cc(C)ccc1n2-c1cc(-c2cc(-c3cccnc3)cc(-c3ccccn3)c2)cc(-n2c3ccc(C)cc3c3cc(C)ccc32)c1. The van der Waals surface area contributed by atoms with Gasteiger partial charge in [0.05, 0.1) is 27.8 Å². The number of nitrogens with zero attached hydrogens (tertiary/aromatic N) is 4. The molecule has 0 amide bonds. The number of aromatic nitrogens is 4. The standard InChI is InChI=1S/C50H38N4/c1-31-10-14-47-42(20-31)43-21-32(2)11-15-48(43)53(47)40-27-38(37-24-36(35-8-7-18-51-30-35)25-39(26-37)46-9-5-6-19-52-46)28-41(29-40)54-49-16-12-33(3)22-44(49)45-23-34(4)13-17-50(45)54/h5-30H,1-4H3. The van der Waals surface area contributed by atoms with Gasteiger partial charge >= 0.3 is 0 Å². The van der Waals surface area contributed by atoms with Gasteiger partial charge in [0.1, 0.15) is 0 Å². The van der Waals surface area contributed by atoms with Gasteiger partial charge in [0.2, 0.25) is 0 Å². The number of fused-ring (bicyclic) bond motifs is 6. The fourth-order valence-electron chi connectivity index (χ4n) is 8.25. The van der Waals surface area contributed by atoms with Crippen LogP contribution in [0.3, 0.4) is 0 Å². The van der Waals surface area contributed by atoms with Crippen LogP contribution >= 0.6 is 0 Å². The van der Waals surface area contributed by atoms with Crippen molar-refractivity contribution in [2.24, 2.45) is 0 Å². The Bertz CT molecular complexity index is 2760. The van der Waals surface area contributed by atoms with Crippen LogP contribution < -0.4 is 0 Å². The van der Waals surface area contributed by atoms with Gasteiger partial charge < -0.3 is 9.13 Å². The molecule has 0 aliphatic carbocycles. The second kappa shape index (κ2) is 12.4. The third-order valence-electron chi connectivity index (χ3n) is 10.8. The molecule has 0 radical (unpaired) electrons. The van der Waals surface area contributed by atoms with Gasteiger partial charge in [-0.3, -0.25) is 9.97 Å². The van der Waals surface area contributed by atoms with E-state index in [1.807, 2.05) is 30.7 Å². The Balaban J connectivity index is 1.32. The van der Waals surface area contributed by atoms with Crippen LogP contribution in [-0.2, 0) is 0 Å². The number of hydrogen-bond donors (Lipinski definition) is 0. The highest BCUT2D eigenvalue weighted by atomic mass is 15.0. The summed E-state index contributed by atoms with van der Waals surface area (Å²) in [6.07, 6.45) is 5.63. The predicted octanol–water partition coefficient (Wildman–Crippen LogP) is 12.9. The normalized spacial score (nSPS) is 11.7. The lowest BCUT2D eigenvalue weighted by molar-refractivity contribution is 1.13. The number of benzene rings is 6. The minimum absolute atomic E-state index is 0.933. The molecule has 4 heteroatoms. The van der Waals surface area contributed by atoms with Crippen molar-refractivity contribution in [1.29, 1.82) is 0 Å². The lowest BCUT2D eigenvalue weighted by Crippen LogP contribution is -2.00. The minimum Gasteiger partial charge on any atom is -0.309 e. The summed E-state index contributed by atoms with van der Waals surface area (Å²) in [4.78, 5) is 9.26. The Morgan fingerprint density at radius 2 is 0.833 bits per heavy atom. The van der Waals surface area contributed by atoms with E-state index in [2.05, 4.69) is 169 Å². The number of aryl methyl sites for hydroxylation is 4. The smallest absolute Gasteiger partial charge is 0.0702 e. The Kier molecular flexibility index (Phi) is 7.34. The second-order valence-electron chi connectivity index (χ2n) is 14.7. The molecule has 10 aromatic rings. The van der Waals surface area contributed by atoms with Gasteiger partial charge in [-0.15, -0.1) is 0 Å². The van der Waals surface area contributed by atoms with E-state index in [0.29, 0.717) is 0 Å². The van der Waals surface area contributed by atoms with Crippen molar-refractivity contribution in [2.75, 3.05) is 0 Å². The summed E-state index contributed by atoms with van der Waals surface area (Å²) in [6, 6.07) is 51.4. The van der Waals surface area contributed by atoms with E-state index >= 15 is 0 Å². The van der Waals surface area contributed by atoms with Gasteiger partial charge in [-0.05, 0) is 148 Å². The molecular weight excluding hydrogens is 657 g/mol. The molecule has 0 aliphatic rings. The van der Waals surface area contributed by atoms with E-state index in [-0.39, 0.29) is 0 Å². The van der Waals surface area contributed by atoms with Crippen LogP contribution in [-0.4, -0.2) is 19.1 Å². The molecule has 0 saturated carbocycles. The van der Waals surface area contributed by atoms with Crippen molar-refractivity contribution in [3.8, 4) is 44.9 Å². The number of hydrogen-bond acceptors (Lipinski definition) is 2. The Hall–Kier alpha value is -6.78. The Morgan fingerprint density at radius 3 is 1.28 bits per heavy atom. The van der Waals surface area contributed by atoms with Gasteiger partial charge in [0.15, 0.2) is 0 Å². The van der Waals surface area contributed by atoms with Crippen LogP contribution in [0.25, 0.3) is 88.5 Å². The van der Waals surface area contributed by atoms with Gasteiger partial charge in [0, 0.05) is 62.6 Å². The topological polar surface area (TPSA) is 35.6 Å². The molecule has 4 nitrogen and oxygen atoms in total. The zero-order valence-corrected chi connectivity index (χ0v) is 30.8. The minimum atomic E-state index is 0.933. The average Bonchev–Trinajstić information content (AvgIpc) is 3.69. The Morgan fingerprint density at radius 1 is 0.370 bits per heavy atom. The van der Waals surface area contributed by atoms with Crippen LogP contribution in [0.5, 0.6) is 0 Å². The van der Waals surface area contributed by atoms with Crippen molar-refractivity contribution in [1.82, 2.24) is 19.1 Å². The molecule has 0 spiro atoms. The van der Waals surface area contributed by atoms with Crippen LogP contribution in [0.4, 0.5) is 0 Å². The monoisotopic (exact) mass is 694 g/mol. The van der Waals surface area contributed by atoms with Crippen molar-refractivity contribution in [3.05, 3.63) is 180 Å². The summed E-state index contributed by atoms with van der Waals surface area (Å²) in [5, 5.41) is 5.05. The zero-order chi connectivity index (χ0) is 36.5. The first-order valence-electron chi connectivity index (χ1n) is 18.5. The fourth-order valence-corrected chi connectivity index (χ4v) is 8.25. The van der Waals surface area contributed by atoms with Crippen molar-refractivity contribution in [3.63, 3.8) is 0 Å². The molecule has 0 fully saturated rings. The molecule has 0 saturated heterocycles. The van der Waals surface area contributed by atoms with E-state index in [0.717, 1.165) is 44.9 Å².